The van der Waals surface area contributed by atoms with E-state index in [1.54, 1.807) is 6.08 Å². The smallest absolute Gasteiger partial charge is 0.0777 e. The molecule has 0 saturated carbocycles. The van der Waals surface area contributed by atoms with Crippen LogP contribution < -0.4 is 0 Å². The van der Waals surface area contributed by atoms with E-state index in [1.165, 1.54) is 0 Å². The number of rotatable bonds is 5. The molecule has 1 aliphatic rings. The summed E-state index contributed by atoms with van der Waals surface area (Å²) in [6.45, 7) is 2.14. The fraction of sp³-hybridized carbons (Fsp3) is 0.600. The molecule has 1 nitrogen and oxygen atoms in total. The maximum Gasteiger partial charge on any atom is 0.0777 e. The minimum absolute atomic E-state index is 0.0862. The third-order valence-electron chi connectivity index (χ3n) is 3.03. The molecule has 0 radical (unpaired) electrons. The summed E-state index contributed by atoms with van der Waals surface area (Å²) in [5, 5.41) is 0.0862. The topological polar surface area (TPSA) is 9.23 Å². The van der Waals surface area contributed by atoms with Gasteiger partial charge in [-0.1, -0.05) is 47.0 Å². The molecule has 0 N–H and O–H groups in total. The first kappa shape index (κ1) is 15.8. The lowest BCUT2D eigenvalue weighted by Gasteiger charge is -2.36. The monoisotopic (exact) mass is 330 g/mol. The Morgan fingerprint density at radius 1 is 1.39 bits per heavy atom. The number of hydrogen-bond donors (Lipinski definition) is 0. The number of hydrogen-bond acceptors (Lipinski definition) is 1. The molecular weight excluding hydrogens is 312 g/mol. The molecule has 1 aliphatic heterocycles. The van der Waals surface area contributed by atoms with E-state index in [0.29, 0.717) is 4.83 Å². The average molecular weight is 332 g/mol. The van der Waals surface area contributed by atoms with Crippen LogP contribution in [0.2, 0.25) is 0 Å². The molecule has 4 atom stereocenters. The second-order valence-corrected chi connectivity index (χ2v) is 6.14. The van der Waals surface area contributed by atoms with Gasteiger partial charge in [0.1, 0.15) is 0 Å². The predicted molar refractivity (Wildman–Crippen MR) is 82.3 cm³/mol. The third-order valence-corrected chi connectivity index (χ3v) is 4.45. The zero-order valence-electron chi connectivity index (χ0n) is 10.7. The van der Waals surface area contributed by atoms with Gasteiger partial charge in [0.25, 0.3) is 0 Å². The van der Waals surface area contributed by atoms with Crippen molar-refractivity contribution in [2.45, 2.75) is 55.0 Å². The van der Waals surface area contributed by atoms with Gasteiger partial charge in [-0.05, 0) is 31.8 Å². The van der Waals surface area contributed by atoms with Gasteiger partial charge in [0.15, 0.2) is 0 Å². The van der Waals surface area contributed by atoms with Crippen LogP contribution in [0.15, 0.2) is 24.3 Å². The Hall–Kier alpha value is -0.230. The molecule has 1 saturated heterocycles. The quantitative estimate of drug-likeness (QED) is 0.411. The van der Waals surface area contributed by atoms with E-state index in [0.717, 1.165) is 25.7 Å². The van der Waals surface area contributed by atoms with E-state index in [9.17, 15) is 0 Å². The summed E-state index contributed by atoms with van der Waals surface area (Å²) in [6, 6.07) is 0. The van der Waals surface area contributed by atoms with Crippen LogP contribution in [-0.2, 0) is 4.74 Å². The van der Waals surface area contributed by atoms with E-state index >= 15 is 0 Å². The number of allylic oxidation sites excluding steroid dienone is 3. The molecule has 100 valence electrons. The van der Waals surface area contributed by atoms with Gasteiger partial charge >= 0.3 is 0 Å². The zero-order chi connectivity index (χ0) is 13.4. The Balaban J connectivity index is 2.37. The minimum atomic E-state index is 0.0862. The van der Waals surface area contributed by atoms with Crippen molar-refractivity contribution in [3.63, 3.8) is 0 Å². The van der Waals surface area contributed by atoms with Crippen LogP contribution in [0.5, 0.6) is 0 Å². The van der Waals surface area contributed by atoms with Crippen molar-refractivity contribution in [3.8, 4) is 12.3 Å². The number of ether oxygens (including phenoxy) is 1. The first-order valence-corrected chi connectivity index (χ1v) is 7.74. The van der Waals surface area contributed by atoms with Crippen LogP contribution in [0, 0.1) is 12.3 Å². The number of halogens is 2. The largest absolute Gasteiger partial charge is 0.372 e. The van der Waals surface area contributed by atoms with Crippen LogP contribution >= 0.6 is 27.5 Å². The van der Waals surface area contributed by atoms with Gasteiger partial charge in [-0.2, -0.15) is 0 Å². The molecule has 0 aliphatic carbocycles. The van der Waals surface area contributed by atoms with Gasteiger partial charge in [0.2, 0.25) is 0 Å². The standard InChI is InChI=1S/C15H20BrClO/c1-3-5-6-7-8-9-10-15-13(17)11-12(16)14(4-2)18-15/h1,5-6,8-9,12-15H,4,7,10-11H2,2H3/b6-5+,9-8-/t12-,13-,14+,15-/m1/s1. The Kier molecular flexibility index (Phi) is 7.74. The Bertz CT molecular complexity index is 332. The summed E-state index contributed by atoms with van der Waals surface area (Å²) in [5.41, 5.74) is 0. The van der Waals surface area contributed by atoms with Crippen molar-refractivity contribution >= 4 is 27.5 Å². The van der Waals surface area contributed by atoms with Gasteiger partial charge in [0, 0.05) is 4.83 Å². The fourth-order valence-corrected chi connectivity index (χ4v) is 3.48. The normalized spacial score (nSPS) is 33.0. The van der Waals surface area contributed by atoms with Crippen molar-refractivity contribution in [3.05, 3.63) is 24.3 Å². The number of terminal acetylenes is 1. The van der Waals surface area contributed by atoms with Crippen LogP contribution in [-0.4, -0.2) is 22.4 Å². The fourth-order valence-electron chi connectivity index (χ4n) is 2.01. The highest BCUT2D eigenvalue weighted by Gasteiger charge is 2.34. The predicted octanol–water partition coefficient (Wildman–Crippen LogP) is 4.45. The summed E-state index contributed by atoms with van der Waals surface area (Å²) < 4.78 is 6.01. The highest BCUT2D eigenvalue weighted by atomic mass is 79.9. The molecule has 3 heteroatoms. The van der Waals surface area contributed by atoms with Gasteiger partial charge < -0.3 is 4.74 Å². The molecule has 0 spiro atoms. The van der Waals surface area contributed by atoms with E-state index in [4.69, 9.17) is 22.8 Å². The Labute approximate surface area is 124 Å². The molecule has 1 fully saturated rings. The molecule has 0 aromatic heterocycles. The third kappa shape index (κ3) is 5.18. The van der Waals surface area contributed by atoms with Crippen molar-refractivity contribution in [1.29, 1.82) is 0 Å². The van der Waals surface area contributed by atoms with Crippen molar-refractivity contribution in [2.75, 3.05) is 0 Å². The lowest BCUT2D eigenvalue weighted by Crippen LogP contribution is -2.42. The Morgan fingerprint density at radius 2 is 2.17 bits per heavy atom. The highest BCUT2D eigenvalue weighted by molar-refractivity contribution is 9.09. The van der Waals surface area contributed by atoms with Crippen molar-refractivity contribution in [1.82, 2.24) is 0 Å². The highest BCUT2D eigenvalue weighted by Crippen LogP contribution is 2.32. The van der Waals surface area contributed by atoms with Crippen molar-refractivity contribution < 1.29 is 4.74 Å². The summed E-state index contributed by atoms with van der Waals surface area (Å²) in [5.74, 6) is 2.47. The molecule has 0 bridgehead atoms. The summed E-state index contributed by atoms with van der Waals surface area (Å²) in [7, 11) is 0. The molecule has 18 heavy (non-hydrogen) atoms. The summed E-state index contributed by atoms with van der Waals surface area (Å²) >= 11 is 9.97. The molecular formula is C15H20BrClO. The molecule has 0 aromatic carbocycles. The molecule has 1 heterocycles. The van der Waals surface area contributed by atoms with Crippen LogP contribution in [0.1, 0.15) is 32.6 Å². The van der Waals surface area contributed by atoms with E-state index in [2.05, 4.69) is 40.9 Å². The summed E-state index contributed by atoms with van der Waals surface area (Å²) in [6.07, 6.45) is 17.1. The maximum absolute atomic E-state index is 6.33. The minimum Gasteiger partial charge on any atom is -0.372 e. The number of alkyl halides is 2. The molecule has 0 aromatic rings. The molecule has 1 rings (SSSR count). The Morgan fingerprint density at radius 3 is 2.83 bits per heavy atom. The van der Waals surface area contributed by atoms with E-state index in [-0.39, 0.29) is 17.6 Å². The van der Waals surface area contributed by atoms with Crippen LogP contribution in [0.3, 0.4) is 0 Å². The zero-order valence-corrected chi connectivity index (χ0v) is 13.0. The molecule has 0 amide bonds. The van der Waals surface area contributed by atoms with E-state index in [1.807, 2.05) is 6.08 Å². The lowest BCUT2D eigenvalue weighted by atomic mass is 9.99. The lowest BCUT2D eigenvalue weighted by molar-refractivity contribution is -0.0402. The SMILES string of the molecule is C#C/C=C/C/C=C\C[C@H]1O[C@@H](CC)[C@H](Br)C[C@H]1Cl. The summed E-state index contributed by atoms with van der Waals surface area (Å²) in [4.78, 5) is 0.379. The van der Waals surface area contributed by atoms with Crippen molar-refractivity contribution in [2.24, 2.45) is 0 Å². The van der Waals surface area contributed by atoms with Gasteiger partial charge in [0.05, 0.1) is 17.6 Å². The van der Waals surface area contributed by atoms with E-state index < -0.39 is 0 Å². The van der Waals surface area contributed by atoms with Gasteiger partial charge in [-0.15, -0.1) is 18.0 Å². The first-order chi connectivity index (χ1) is 8.69. The molecule has 0 unspecified atom stereocenters. The second kappa shape index (κ2) is 8.80. The average Bonchev–Trinajstić information content (AvgIpc) is 2.36. The maximum atomic E-state index is 6.33. The van der Waals surface area contributed by atoms with Gasteiger partial charge in [-0.3, -0.25) is 0 Å². The van der Waals surface area contributed by atoms with Gasteiger partial charge in [-0.25, -0.2) is 0 Å². The second-order valence-electron chi connectivity index (χ2n) is 4.40. The van der Waals surface area contributed by atoms with Crippen LogP contribution in [0.4, 0.5) is 0 Å². The first-order valence-electron chi connectivity index (χ1n) is 6.38. The van der Waals surface area contributed by atoms with Crippen LogP contribution in [0.25, 0.3) is 0 Å².